The summed E-state index contributed by atoms with van der Waals surface area (Å²) < 4.78 is 10.6. The van der Waals surface area contributed by atoms with Crippen molar-refractivity contribution in [3.63, 3.8) is 0 Å². The number of hydrogen-bond donors (Lipinski definition) is 1. The number of carboxylic acid groups (broad SMARTS) is 1. The van der Waals surface area contributed by atoms with Gasteiger partial charge in [0.05, 0.1) is 19.7 Å². The largest absolute Gasteiger partial charge is 0.493 e. The van der Waals surface area contributed by atoms with Crippen LogP contribution in [0.5, 0.6) is 11.5 Å². The van der Waals surface area contributed by atoms with Gasteiger partial charge in [-0.25, -0.2) is 14.8 Å². The lowest BCUT2D eigenvalue weighted by Gasteiger charge is -2.23. The predicted molar refractivity (Wildman–Crippen MR) is 80.6 cm³/mol. The Labute approximate surface area is 127 Å². The Morgan fingerprint density at radius 1 is 1.27 bits per heavy atom. The van der Waals surface area contributed by atoms with E-state index in [4.69, 9.17) is 9.47 Å². The van der Waals surface area contributed by atoms with Gasteiger partial charge in [-0.2, -0.15) is 0 Å². The number of fused-ring (bicyclic) bond motifs is 1. The molecule has 0 spiro atoms. The summed E-state index contributed by atoms with van der Waals surface area (Å²) in [6.45, 7) is 0.664. The molecule has 7 heteroatoms. The topological polar surface area (TPSA) is 84.8 Å². The summed E-state index contributed by atoms with van der Waals surface area (Å²) >= 11 is 0. The third-order valence-electron chi connectivity index (χ3n) is 3.93. The minimum absolute atomic E-state index is 0.550. The second-order valence-electron chi connectivity index (χ2n) is 5.11. The molecule has 2 aromatic rings. The van der Waals surface area contributed by atoms with Gasteiger partial charge in [-0.15, -0.1) is 0 Å². The molecule has 0 amide bonds. The van der Waals surface area contributed by atoms with E-state index in [0.29, 0.717) is 35.8 Å². The Kier molecular flexibility index (Phi) is 3.70. The first-order valence-corrected chi connectivity index (χ1v) is 7.02. The van der Waals surface area contributed by atoms with Crippen LogP contribution >= 0.6 is 0 Å². The zero-order valence-electron chi connectivity index (χ0n) is 12.4. The van der Waals surface area contributed by atoms with Crippen molar-refractivity contribution >= 4 is 22.7 Å². The summed E-state index contributed by atoms with van der Waals surface area (Å²) in [6.07, 6.45) is 2.89. The fraction of sp³-hybridized carbons (Fsp3) is 0.400. The summed E-state index contributed by atoms with van der Waals surface area (Å²) in [6, 6.07) is 3.01. The average molecular weight is 303 g/mol. The van der Waals surface area contributed by atoms with Gasteiger partial charge >= 0.3 is 5.97 Å². The summed E-state index contributed by atoms with van der Waals surface area (Å²) in [5, 5.41) is 10.1. The molecule has 7 nitrogen and oxygen atoms in total. The van der Waals surface area contributed by atoms with Crippen molar-refractivity contribution in [2.75, 3.05) is 25.7 Å². The van der Waals surface area contributed by atoms with Crippen LogP contribution in [-0.2, 0) is 4.79 Å². The third kappa shape index (κ3) is 2.28. The maximum absolute atomic E-state index is 11.4. The highest BCUT2D eigenvalue weighted by Crippen LogP contribution is 2.36. The van der Waals surface area contributed by atoms with E-state index in [1.54, 1.807) is 26.4 Å². The number of carbonyl (C=O) groups is 1. The normalized spacial score (nSPS) is 17.7. The lowest BCUT2D eigenvalue weighted by Crippen LogP contribution is -2.36. The second-order valence-corrected chi connectivity index (χ2v) is 5.11. The fourth-order valence-electron chi connectivity index (χ4n) is 2.88. The number of hydrogen-bond acceptors (Lipinski definition) is 6. The maximum Gasteiger partial charge on any atom is 0.326 e. The Morgan fingerprint density at radius 2 is 2.00 bits per heavy atom. The number of nitrogens with zero attached hydrogens (tertiary/aromatic N) is 3. The summed E-state index contributed by atoms with van der Waals surface area (Å²) in [5.41, 5.74) is 0.693. The molecule has 0 saturated carbocycles. The van der Waals surface area contributed by atoms with E-state index >= 15 is 0 Å². The molecule has 2 heterocycles. The van der Waals surface area contributed by atoms with Crippen molar-refractivity contribution in [1.82, 2.24) is 9.97 Å². The highest BCUT2D eigenvalue weighted by molar-refractivity contribution is 5.93. The molecule has 116 valence electrons. The van der Waals surface area contributed by atoms with Gasteiger partial charge in [0.2, 0.25) is 0 Å². The van der Waals surface area contributed by atoms with Crippen molar-refractivity contribution in [3.05, 3.63) is 18.5 Å². The van der Waals surface area contributed by atoms with Crippen LogP contribution in [0.2, 0.25) is 0 Å². The van der Waals surface area contributed by atoms with Gasteiger partial charge in [0.25, 0.3) is 0 Å². The minimum Gasteiger partial charge on any atom is -0.493 e. The van der Waals surface area contributed by atoms with E-state index in [1.165, 1.54) is 6.33 Å². The smallest absolute Gasteiger partial charge is 0.326 e. The van der Waals surface area contributed by atoms with Gasteiger partial charge in [0.1, 0.15) is 18.2 Å². The number of benzene rings is 1. The molecule has 1 aliphatic rings. The molecule has 0 radical (unpaired) electrons. The zero-order chi connectivity index (χ0) is 15.7. The zero-order valence-corrected chi connectivity index (χ0v) is 12.4. The van der Waals surface area contributed by atoms with Crippen LogP contribution in [0.4, 0.5) is 5.82 Å². The molecule has 0 bridgehead atoms. The molecular formula is C15H17N3O4. The van der Waals surface area contributed by atoms with Crippen LogP contribution in [0.1, 0.15) is 12.8 Å². The number of aliphatic carboxylic acids is 1. The minimum atomic E-state index is -0.829. The van der Waals surface area contributed by atoms with Crippen LogP contribution < -0.4 is 14.4 Å². The molecule has 1 atom stereocenters. The van der Waals surface area contributed by atoms with E-state index < -0.39 is 12.0 Å². The first-order chi connectivity index (χ1) is 10.7. The fourth-order valence-corrected chi connectivity index (χ4v) is 2.88. The van der Waals surface area contributed by atoms with Crippen LogP contribution in [0.25, 0.3) is 10.9 Å². The van der Waals surface area contributed by atoms with Crippen molar-refractivity contribution in [2.24, 2.45) is 0 Å². The van der Waals surface area contributed by atoms with E-state index in [-0.39, 0.29) is 0 Å². The van der Waals surface area contributed by atoms with E-state index in [1.807, 2.05) is 4.90 Å². The number of rotatable bonds is 4. The monoisotopic (exact) mass is 303 g/mol. The maximum atomic E-state index is 11.4. The predicted octanol–water partition coefficient (Wildman–Crippen LogP) is 1.70. The van der Waals surface area contributed by atoms with Gasteiger partial charge in [-0.3, -0.25) is 0 Å². The van der Waals surface area contributed by atoms with Crippen molar-refractivity contribution < 1.29 is 19.4 Å². The molecule has 1 fully saturated rings. The van der Waals surface area contributed by atoms with Gasteiger partial charge < -0.3 is 19.5 Å². The Balaban J connectivity index is 2.15. The SMILES string of the molecule is COc1cc2ncnc(N3CCCC3C(=O)O)c2cc1OC. The van der Waals surface area contributed by atoms with Crippen LogP contribution in [0, 0.1) is 0 Å². The first kappa shape index (κ1) is 14.4. The Hall–Kier alpha value is -2.57. The van der Waals surface area contributed by atoms with E-state index in [0.717, 1.165) is 11.8 Å². The van der Waals surface area contributed by atoms with Crippen LogP contribution in [0.15, 0.2) is 18.5 Å². The first-order valence-electron chi connectivity index (χ1n) is 7.02. The van der Waals surface area contributed by atoms with Crippen molar-refractivity contribution in [2.45, 2.75) is 18.9 Å². The number of methoxy groups -OCH3 is 2. The lowest BCUT2D eigenvalue weighted by molar-refractivity contribution is -0.138. The quantitative estimate of drug-likeness (QED) is 0.920. The van der Waals surface area contributed by atoms with Gasteiger partial charge in [0, 0.05) is 18.0 Å². The number of aromatic nitrogens is 2. The number of ether oxygens (including phenoxy) is 2. The second kappa shape index (κ2) is 5.67. The lowest BCUT2D eigenvalue weighted by atomic mass is 10.1. The van der Waals surface area contributed by atoms with Gasteiger partial charge in [0.15, 0.2) is 11.5 Å². The Bertz CT molecular complexity index is 719. The molecule has 3 rings (SSSR count). The molecule has 1 aromatic heterocycles. The number of carboxylic acids is 1. The molecule has 1 saturated heterocycles. The molecule has 1 aliphatic heterocycles. The molecule has 22 heavy (non-hydrogen) atoms. The standard InChI is InChI=1S/C15H17N3O4/c1-21-12-6-9-10(7-13(12)22-2)16-8-17-14(9)18-5-3-4-11(18)15(19)20/h6-8,11H,3-5H2,1-2H3,(H,19,20). The highest BCUT2D eigenvalue weighted by atomic mass is 16.5. The van der Waals surface area contributed by atoms with Gasteiger partial charge in [-0.05, 0) is 18.9 Å². The molecule has 1 N–H and O–H groups in total. The average Bonchev–Trinajstić information content (AvgIpc) is 3.02. The van der Waals surface area contributed by atoms with Gasteiger partial charge in [-0.1, -0.05) is 0 Å². The van der Waals surface area contributed by atoms with Crippen molar-refractivity contribution in [3.8, 4) is 11.5 Å². The Morgan fingerprint density at radius 3 is 2.68 bits per heavy atom. The summed E-state index contributed by atoms with van der Waals surface area (Å²) in [4.78, 5) is 21.8. The number of anilines is 1. The highest BCUT2D eigenvalue weighted by Gasteiger charge is 2.32. The summed E-state index contributed by atoms with van der Waals surface area (Å²) in [5.74, 6) is 0.938. The van der Waals surface area contributed by atoms with E-state index in [9.17, 15) is 9.90 Å². The van der Waals surface area contributed by atoms with E-state index in [2.05, 4.69) is 9.97 Å². The molecular weight excluding hydrogens is 286 g/mol. The van der Waals surface area contributed by atoms with Crippen LogP contribution in [-0.4, -0.2) is 47.8 Å². The third-order valence-corrected chi connectivity index (χ3v) is 3.93. The van der Waals surface area contributed by atoms with Crippen LogP contribution in [0.3, 0.4) is 0 Å². The molecule has 0 aliphatic carbocycles. The molecule has 1 unspecified atom stereocenters. The van der Waals surface area contributed by atoms with Crippen molar-refractivity contribution in [1.29, 1.82) is 0 Å². The summed E-state index contributed by atoms with van der Waals surface area (Å²) in [7, 11) is 3.12. The molecule has 1 aromatic carbocycles.